The maximum atomic E-state index is 12.2. The van der Waals surface area contributed by atoms with E-state index in [-0.39, 0.29) is 31.1 Å². The van der Waals surface area contributed by atoms with Crippen LogP contribution in [0.5, 0.6) is 0 Å². The van der Waals surface area contributed by atoms with Crippen molar-refractivity contribution >= 4 is 17.4 Å². The number of rotatable bonds is 7. The average molecular weight is 325 g/mol. The molecule has 0 aliphatic carbocycles. The van der Waals surface area contributed by atoms with Gasteiger partial charge >= 0.3 is 0 Å². The summed E-state index contributed by atoms with van der Waals surface area (Å²) < 4.78 is 0. The van der Waals surface area contributed by atoms with Crippen LogP contribution in [0.2, 0.25) is 0 Å². The van der Waals surface area contributed by atoms with Crippen LogP contribution < -0.4 is 5.32 Å². The molecule has 0 atom stereocenters. The second-order valence-corrected chi connectivity index (χ2v) is 5.83. The molecule has 24 heavy (non-hydrogen) atoms. The predicted molar refractivity (Wildman–Crippen MR) is 95.1 cm³/mol. The molecule has 0 aliphatic rings. The Morgan fingerprint density at radius 3 is 2.29 bits per heavy atom. The van der Waals surface area contributed by atoms with Crippen LogP contribution in [0.3, 0.4) is 0 Å². The summed E-state index contributed by atoms with van der Waals surface area (Å²) in [5.74, 6) is -0.236. The van der Waals surface area contributed by atoms with Crippen LogP contribution in [0.4, 0.5) is 5.69 Å². The second-order valence-electron chi connectivity index (χ2n) is 5.83. The zero-order chi connectivity index (χ0) is 17.5. The standard InChI is InChI=1S/C20H23NO3/c1-3-15-6-8-17(9-7-15)19(23)10-11-20(24)21-18-12-16(13-22)5-4-14(18)2/h4-9,12,22H,3,10-11,13H2,1-2H3,(H,21,24). The smallest absolute Gasteiger partial charge is 0.224 e. The van der Waals surface area contributed by atoms with Gasteiger partial charge in [-0.3, -0.25) is 9.59 Å². The zero-order valence-corrected chi connectivity index (χ0v) is 14.1. The van der Waals surface area contributed by atoms with Crippen LogP contribution in [0.25, 0.3) is 0 Å². The van der Waals surface area contributed by atoms with E-state index in [4.69, 9.17) is 5.11 Å². The molecule has 0 unspecified atom stereocenters. The first kappa shape index (κ1) is 17.9. The van der Waals surface area contributed by atoms with Gasteiger partial charge in [0.05, 0.1) is 6.61 Å². The second kappa shape index (κ2) is 8.41. The number of hydrogen-bond donors (Lipinski definition) is 2. The first-order valence-corrected chi connectivity index (χ1v) is 8.16. The first-order valence-electron chi connectivity index (χ1n) is 8.16. The van der Waals surface area contributed by atoms with Crippen molar-refractivity contribution in [2.75, 3.05) is 5.32 Å². The van der Waals surface area contributed by atoms with Crippen molar-refractivity contribution in [2.45, 2.75) is 39.7 Å². The Labute approximate surface area is 142 Å². The van der Waals surface area contributed by atoms with E-state index in [9.17, 15) is 9.59 Å². The minimum absolute atomic E-state index is 0.0337. The molecule has 0 heterocycles. The molecule has 2 rings (SSSR count). The van der Waals surface area contributed by atoms with Gasteiger partial charge in [-0.05, 0) is 36.1 Å². The number of carbonyl (C=O) groups excluding carboxylic acids is 2. The van der Waals surface area contributed by atoms with Gasteiger partial charge in [0.15, 0.2) is 5.78 Å². The van der Waals surface area contributed by atoms with Gasteiger partial charge in [0.2, 0.25) is 5.91 Å². The van der Waals surface area contributed by atoms with E-state index < -0.39 is 0 Å². The van der Waals surface area contributed by atoms with Gasteiger partial charge in [-0.2, -0.15) is 0 Å². The Hall–Kier alpha value is -2.46. The monoisotopic (exact) mass is 325 g/mol. The van der Waals surface area contributed by atoms with Crippen molar-refractivity contribution in [3.63, 3.8) is 0 Å². The summed E-state index contributed by atoms with van der Waals surface area (Å²) in [7, 11) is 0. The van der Waals surface area contributed by atoms with Gasteiger partial charge in [-0.25, -0.2) is 0 Å². The summed E-state index contributed by atoms with van der Waals surface area (Å²) in [6.45, 7) is 3.88. The number of benzene rings is 2. The number of hydrogen-bond acceptors (Lipinski definition) is 3. The fourth-order valence-electron chi connectivity index (χ4n) is 2.41. The predicted octanol–water partition coefficient (Wildman–Crippen LogP) is 3.65. The maximum Gasteiger partial charge on any atom is 0.224 e. The molecule has 0 saturated heterocycles. The van der Waals surface area contributed by atoms with Crippen LogP contribution in [-0.4, -0.2) is 16.8 Å². The fraction of sp³-hybridized carbons (Fsp3) is 0.300. The third-order valence-corrected chi connectivity index (χ3v) is 4.02. The molecule has 2 N–H and O–H groups in total. The lowest BCUT2D eigenvalue weighted by atomic mass is 10.0. The number of aliphatic hydroxyl groups is 1. The molecule has 0 spiro atoms. The van der Waals surface area contributed by atoms with Gasteiger partial charge in [-0.1, -0.05) is 43.3 Å². The van der Waals surface area contributed by atoms with Gasteiger partial charge in [0.25, 0.3) is 0 Å². The number of anilines is 1. The number of nitrogens with one attached hydrogen (secondary N) is 1. The van der Waals surface area contributed by atoms with Crippen LogP contribution in [0, 0.1) is 6.92 Å². The van der Waals surface area contributed by atoms with Crippen molar-refractivity contribution in [3.05, 3.63) is 64.7 Å². The zero-order valence-electron chi connectivity index (χ0n) is 14.1. The molecular weight excluding hydrogens is 302 g/mol. The van der Waals surface area contributed by atoms with Crippen LogP contribution in [-0.2, 0) is 17.8 Å². The first-order chi connectivity index (χ1) is 11.5. The lowest BCUT2D eigenvalue weighted by molar-refractivity contribution is -0.116. The highest BCUT2D eigenvalue weighted by atomic mass is 16.3. The topological polar surface area (TPSA) is 66.4 Å². The van der Waals surface area contributed by atoms with Crippen LogP contribution in [0.15, 0.2) is 42.5 Å². The molecule has 2 aromatic carbocycles. The molecule has 4 heteroatoms. The Morgan fingerprint density at radius 2 is 1.67 bits per heavy atom. The maximum absolute atomic E-state index is 12.2. The normalized spacial score (nSPS) is 10.5. The van der Waals surface area contributed by atoms with Crippen molar-refractivity contribution in [1.29, 1.82) is 0 Å². The lowest BCUT2D eigenvalue weighted by Crippen LogP contribution is -2.14. The quantitative estimate of drug-likeness (QED) is 0.764. The number of ketones is 1. The molecule has 126 valence electrons. The SMILES string of the molecule is CCc1ccc(C(=O)CCC(=O)Nc2cc(CO)ccc2C)cc1. The van der Waals surface area contributed by atoms with Crippen LogP contribution in [0.1, 0.15) is 46.8 Å². The molecular formula is C20H23NO3. The Bertz CT molecular complexity index is 720. The van der Waals surface area contributed by atoms with Gasteiger partial charge in [-0.15, -0.1) is 0 Å². The minimum atomic E-state index is -0.202. The Kier molecular flexibility index (Phi) is 6.27. The molecule has 0 aliphatic heterocycles. The molecule has 0 fully saturated rings. The van der Waals surface area contributed by atoms with Gasteiger partial charge in [0.1, 0.15) is 0 Å². The highest BCUT2D eigenvalue weighted by Gasteiger charge is 2.11. The summed E-state index contributed by atoms with van der Waals surface area (Å²) in [5, 5.41) is 12.0. The third-order valence-electron chi connectivity index (χ3n) is 4.02. The van der Waals surface area contributed by atoms with Crippen LogP contribution >= 0.6 is 0 Å². The van der Waals surface area contributed by atoms with E-state index in [1.54, 1.807) is 6.07 Å². The van der Waals surface area contributed by atoms with Crippen molar-refractivity contribution in [3.8, 4) is 0 Å². The van der Waals surface area contributed by atoms with E-state index in [2.05, 4.69) is 12.2 Å². The Morgan fingerprint density at radius 1 is 1.00 bits per heavy atom. The molecule has 4 nitrogen and oxygen atoms in total. The summed E-state index contributed by atoms with van der Waals surface area (Å²) >= 11 is 0. The summed E-state index contributed by atoms with van der Waals surface area (Å²) in [5.41, 5.74) is 4.15. The molecule has 0 aromatic heterocycles. The molecule has 1 amide bonds. The summed E-state index contributed by atoms with van der Waals surface area (Å²) in [6.07, 6.45) is 1.25. The third kappa shape index (κ3) is 4.77. The highest BCUT2D eigenvalue weighted by Crippen LogP contribution is 2.18. The van der Waals surface area contributed by atoms with Crippen molar-refractivity contribution in [2.24, 2.45) is 0 Å². The molecule has 0 saturated carbocycles. The Balaban J connectivity index is 1.91. The average Bonchev–Trinajstić information content (AvgIpc) is 2.61. The fourth-order valence-corrected chi connectivity index (χ4v) is 2.41. The van der Waals surface area contributed by atoms with E-state index >= 15 is 0 Å². The van der Waals surface area contributed by atoms with Gasteiger partial charge in [0, 0.05) is 24.1 Å². The number of carbonyl (C=O) groups is 2. The summed E-state index contributed by atoms with van der Waals surface area (Å²) in [6, 6.07) is 12.9. The van der Waals surface area contributed by atoms with E-state index in [1.807, 2.05) is 43.3 Å². The number of amides is 1. The van der Waals surface area contributed by atoms with Crippen molar-refractivity contribution < 1.29 is 14.7 Å². The minimum Gasteiger partial charge on any atom is -0.392 e. The number of aliphatic hydroxyl groups excluding tert-OH is 1. The van der Waals surface area contributed by atoms with Crippen molar-refractivity contribution in [1.82, 2.24) is 0 Å². The van der Waals surface area contributed by atoms with E-state index in [0.29, 0.717) is 11.3 Å². The summed E-state index contributed by atoms with van der Waals surface area (Å²) in [4.78, 5) is 24.2. The van der Waals surface area contributed by atoms with Gasteiger partial charge < -0.3 is 10.4 Å². The van der Waals surface area contributed by atoms with E-state index in [1.165, 1.54) is 5.56 Å². The molecule has 0 bridgehead atoms. The molecule has 0 radical (unpaired) electrons. The number of Topliss-reactive ketones (excluding diaryl/α,β-unsaturated/α-hetero) is 1. The highest BCUT2D eigenvalue weighted by molar-refractivity contribution is 6.00. The number of aryl methyl sites for hydroxylation is 2. The largest absolute Gasteiger partial charge is 0.392 e. The van der Waals surface area contributed by atoms with E-state index in [0.717, 1.165) is 17.5 Å². The molecule has 2 aromatic rings. The lowest BCUT2D eigenvalue weighted by Gasteiger charge is -2.10.